The van der Waals surface area contributed by atoms with Gasteiger partial charge in [-0.25, -0.2) is 0 Å². The van der Waals surface area contributed by atoms with Crippen LogP contribution in [0.25, 0.3) is 0 Å². The minimum absolute atomic E-state index is 0.114. The highest BCUT2D eigenvalue weighted by atomic mass is 35.5. The van der Waals surface area contributed by atoms with Crippen molar-refractivity contribution in [2.75, 3.05) is 13.1 Å². The lowest BCUT2D eigenvalue weighted by molar-refractivity contribution is -0.122. The lowest BCUT2D eigenvalue weighted by Crippen LogP contribution is -2.41. The number of ketones is 1. The molecule has 0 aliphatic carbocycles. The molecular formula is C20H22ClNO. The first-order chi connectivity index (χ1) is 11.1. The summed E-state index contributed by atoms with van der Waals surface area (Å²) in [5.74, 6) is 0.662. The Morgan fingerprint density at radius 2 is 1.83 bits per heavy atom. The SMILES string of the molecule is CC(=O)[C@@H]1CCN(Cc2ccccc2)C[C@@H]1c1ccc(Cl)cc1. The predicted molar refractivity (Wildman–Crippen MR) is 94.7 cm³/mol. The van der Waals surface area contributed by atoms with E-state index in [2.05, 4.69) is 41.3 Å². The topological polar surface area (TPSA) is 20.3 Å². The monoisotopic (exact) mass is 327 g/mol. The Kier molecular flexibility index (Phi) is 5.14. The van der Waals surface area contributed by atoms with Gasteiger partial charge in [0.15, 0.2) is 0 Å². The lowest BCUT2D eigenvalue weighted by Gasteiger charge is -2.38. The van der Waals surface area contributed by atoms with E-state index in [9.17, 15) is 4.79 Å². The fourth-order valence-corrected chi connectivity index (χ4v) is 3.67. The van der Waals surface area contributed by atoms with Crippen LogP contribution in [0.1, 0.15) is 30.4 Å². The average Bonchev–Trinajstić information content (AvgIpc) is 2.56. The standard InChI is InChI=1S/C20H22ClNO/c1-15(23)19-11-12-22(13-16-5-3-2-4-6-16)14-20(19)17-7-9-18(21)10-8-17/h2-10,19-20H,11-14H2,1H3/t19-,20+/m0/s1. The van der Waals surface area contributed by atoms with Crippen LogP contribution in [-0.2, 0) is 11.3 Å². The van der Waals surface area contributed by atoms with Gasteiger partial charge >= 0.3 is 0 Å². The fraction of sp³-hybridized carbons (Fsp3) is 0.350. The molecule has 1 aliphatic rings. The van der Waals surface area contributed by atoms with Gasteiger partial charge in [0.05, 0.1) is 0 Å². The first-order valence-corrected chi connectivity index (χ1v) is 8.53. The molecule has 1 fully saturated rings. The number of Topliss-reactive ketones (excluding diaryl/α,β-unsaturated/α-hetero) is 1. The highest BCUT2D eigenvalue weighted by Crippen LogP contribution is 2.34. The molecule has 3 rings (SSSR count). The minimum atomic E-state index is 0.114. The zero-order valence-corrected chi connectivity index (χ0v) is 14.2. The maximum absolute atomic E-state index is 12.1. The largest absolute Gasteiger partial charge is 0.300 e. The number of carbonyl (C=O) groups excluding carboxylic acids is 1. The van der Waals surface area contributed by atoms with Crippen molar-refractivity contribution >= 4 is 17.4 Å². The molecule has 0 unspecified atom stereocenters. The number of hydrogen-bond acceptors (Lipinski definition) is 2. The van der Waals surface area contributed by atoms with Crippen LogP contribution in [0.5, 0.6) is 0 Å². The van der Waals surface area contributed by atoms with Crippen LogP contribution in [0.3, 0.4) is 0 Å². The van der Waals surface area contributed by atoms with E-state index in [4.69, 9.17) is 11.6 Å². The summed E-state index contributed by atoms with van der Waals surface area (Å²) in [6, 6.07) is 18.5. The third-order valence-electron chi connectivity index (χ3n) is 4.77. The van der Waals surface area contributed by atoms with E-state index in [0.717, 1.165) is 31.1 Å². The Labute approximate surface area is 143 Å². The molecule has 1 saturated heterocycles. The van der Waals surface area contributed by atoms with Gasteiger partial charge in [0.25, 0.3) is 0 Å². The van der Waals surface area contributed by atoms with Crippen LogP contribution < -0.4 is 0 Å². The van der Waals surface area contributed by atoms with E-state index >= 15 is 0 Å². The second-order valence-electron chi connectivity index (χ2n) is 6.38. The van der Waals surface area contributed by atoms with Gasteiger partial charge in [0, 0.05) is 29.9 Å². The van der Waals surface area contributed by atoms with Crippen LogP contribution in [0.15, 0.2) is 54.6 Å². The minimum Gasteiger partial charge on any atom is -0.300 e. The summed E-state index contributed by atoms with van der Waals surface area (Å²) in [4.78, 5) is 14.5. The number of carbonyl (C=O) groups is 1. The van der Waals surface area contributed by atoms with Gasteiger partial charge < -0.3 is 0 Å². The second-order valence-corrected chi connectivity index (χ2v) is 6.82. The molecule has 3 heteroatoms. The Bertz CT molecular complexity index is 653. The van der Waals surface area contributed by atoms with Gasteiger partial charge in [0.2, 0.25) is 0 Å². The van der Waals surface area contributed by atoms with Gasteiger partial charge in [0.1, 0.15) is 5.78 Å². The average molecular weight is 328 g/mol. The summed E-state index contributed by atoms with van der Waals surface area (Å²) in [7, 11) is 0. The van der Waals surface area contributed by atoms with Crippen LogP contribution in [0.4, 0.5) is 0 Å². The maximum Gasteiger partial charge on any atom is 0.133 e. The molecule has 0 N–H and O–H groups in total. The summed E-state index contributed by atoms with van der Waals surface area (Å²) in [5.41, 5.74) is 2.54. The summed E-state index contributed by atoms with van der Waals surface area (Å²) in [6.07, 6.45) is 0.926. The van der Waals surface area contributed by atoms with Crippen molar-refractivity contribution in [3.63, 3.8) is 0 Å². The number of nitrogens with zero attached hydrogens (tertiary/aromatic N) is 1. The summed E-state index contributed by atoms with van der Waals surface area (Å²) < 4.78 is 0. The molecule has 1 heterocycles. The number of rotatable bonds is 4. The summed E-state index contributed by atoms with van der Waals surface area (Å²) in [5, 5.41) is 0.741. The number of halogens is 1. The first kappa shape index (κ1) is 16.2. The van der Waals surface area contributed by atoms with Gasteiger partial charge in [-0.3, -0.25) is 9.69 Å². The number of hydrogen-bond donors (Lipinski definition) is 0. The second kappa shape index (κ2) is 7.29. The molecule has 0 bridgehead atoms. The van der Waals surface area contributed by atoms with Crippen LogP contribution in [0.2, 0.25) is 5.02 Å². The molecule has 2 aromatic rings. The van der Waals surface area contributed by atoms with E-state index in [-0.39, 0.29) is 11.8 Å². The van der Waals surface area contributed by atoms with Crippen molar-refractivity contribution in [2.45, 2.75) is 25.8 Å². The quantitative estimate of drug-likeness (QED) is 0.822. The van der Waals surface area contributed by atoms with Crippen molar-refractivity contribution < 1.29 is 4.79 Å². The molecule has 2 aromatic carbocycles. The summed E-state index contributed by atoms with van der Waals surface area (Å²) >= 11 is 6.01. The Balaban J connectivity index is 1.78. The van der Waals surface area contributed by atoms with Gasteiger partial charge in [-0.1, -0.05) is 54.1 Å². The van der Waals surface area contributed by atoms with E-state index in [1.54, 1.807) is 6.92 Å². The Hall–Kier alpha value is -1.64. The zero-order valence-electron chi connectivity index (χ0n) is 13.4. The van der Waals surface area contributed by atoms with Crippen molar-refractivity contribution in [1.82, 2.24) is 4.90 Å². The van der Waals surface area contributed by atoms with Gasteiger partial charge in [-0.15, -0.1) is 0 Å². The molecule has 0 saturated carbocycles. The Morgan fingerprint density at radius 1 is 1.13 bits per heavy atom. The highest BCUT2D eigenvalue weighted by Gasteiger charge is 2.33. The predicted octanol–water partition coefficient (Wildman–Crippen LogP) is 4.53. The molecule has 0 radical (unpaired) electrons. The van der Waals surface area contributed by atoms with Crippen LogP contribution in [-0.4, -0.2) is 23.8 Å². The molecular weight excluding hydrogens is 306 g/mol. The van der Waals surface area contributed by atoms with Crippen molar-refractivity contribution in [1.29, 1.82) is 0 Å². The fourth-order valence-electron chi connectivity index (χ4n) is 3.54. The molecule has 0 amide bonds. The van der Waals surface area contributed by atoms with E-state index in [1.807, 2.05) is 18.2 Å². The molecule has 0 aromatic heterocycles. The van der Waals surface area contributed by atoms with Gasteiger partial charge in [-0.05, 0) is 43.1 Å². The Morgan fingerprint density at radius 3 is 2.48 bits per heavy atom. The third kappa shape index (κ3) is 4.01. The molecule has 0 spiro atoms. The number of likely N-dealkylation sites (tertiary alicyclic amines) is 1. The number of benzene rings is 2. The van der Waals surface area contributed by atoms with Crippen LogP contribution >= 0.6 is 11.6 Å². The van der Waals surface area contributed by atoms with Crippen molar-refractivity contribution in [3.05, 3.63) is 70.7 Å². The van der Waals surface area contributed by atoms with Crippen molar-refractivity contribution in [3.8, 4) is 0 Å². The van der Waals surface area contributed by atoms with Gasteiger partial charge in [-0.2, -0.15) is 0 Å². The summed E-state index contributed by atoms with van der Waals surface area (Å²) in [6.45, 7) is 4.56. The smallest absolute Gasteiger partial charge is 0.133 e. The van der Waals surface area contributed by atoms with Crippen molar-refractivity contribution in [2.24, 2.45) is 5.92 Å². The van der Waals surface area contributed by atoms with E-state index < -0.39 is 0 Å². The molecule has 2 nitrogen and oxygen atoms in total. The van der Waals surface area contributed by atoms with Crippen LogP contribution in [0, 0.1) is 5.92 Å². The third-order valence-corrected chi connectivity index (χ3v) is 5.02. The zero-order chi connectivity index (χ0) is 16.2. The highest BCUT2D eigenvalue weighted by molar-refractivity contribution is 6.30. The van der Waals surface area contributed by atoms with E-state index in [0.29, 0.717) is 5.78 Å². The molecule has 23 heavy (non-hydrogen) atoms. The maximum atomic E-state index is 12.1. The first-order valence-electron chi connectivity index (χ1n) is 8.15. The molecule has 1 aliphatic heterocycles. The normalized spacial score (nSPS) is 22.0. The molecule has 2 atom stereocenters. The number of piperidine rings is 1. The lowest BCUT2D eigenvalue weighted by atomic mass is 9.78. The van der Waals surface area contributed by atoms with E-state index in [1.165, 1.54) is 11.1 Å². The molecule has 120 valence electrons.